The molecular weight excluding hydrogens is 294 g/mol. The van der Waals surface area contributed by atoms with E-state index in [9.17, 15) is 4.79 Å². The van der Waals surface area contributed by atoms with Crippen LogP contribution in [-0.2, 0) is 4.74 Å². The van der Waals surface area contributed by atoms with Crippen molar-refractivity contribution in [1.82, 2.24) is 24.8 Å². The van der Waals surface area contributed by atoms with Crippen molar-refractivity contribution in [2.45, 2.75) is 6.92 Å². The highest BCUT2D eigenvalue weighted by molar-refractivity contribution is 5.97. The summed E-state index contributed by atoms with van der Waals surface area (Å²) in [6.45, 7) is 3.05. The lowest BCUT2D eigenvalue weighted by molar-refractivity contribution is 0.0739. The van der Waals surface area contributed by atoms with E-state index in [1.165, 1.54) is 6.33 Å². The summed E-state index contributed by atoms with van der Waals surface area (Å²) in [5.41, 5.74) is 4.06. The van der Waals surface area contributed by atoms with Crippen molar-refractivity contribution in [2.75, 3.05) is 27.3 Å². The van der Waals surface area contributed by atoms with Gasteiger partial charge in [-0.3, -0.25) is 4.79 Å². The van der Waals surface area contributed by atoms with Crippen molar-refractivity contribution in [3.05, 3.63) is 36.0 Å². The van der Waals surface area contributed by atoms with Crippen LogP contribution in [0.5, 0.6) is 0 Å². The Bertz CT molecular complexity index is 842. The molecule has 0 aromatic carbocycles. The molecule has 1 amide bonds. The minimum atomic E-state index is -0.0793. The highest BCUT2D eigenvalue weighted by atomic mass is 16.5. The van der Waals surface area contributed by atoms with Crippen LogP contribution < -0.4 is 0 Å². The molecule has 0 spiro atoms. The molecule has 0 fully saturated rings. The zero-order valence-electron chi connectivity index (χ0n) is 13.4. The number of aryl methyl sites for hydroxylation is 1. The Morgan fingerprint density at radius 3 is 2.96 bits per heavy atom. The van der Waals surface area contributed by atoms with Gasteiger partial charge in [0.05, 0.1) is 12.3 Å². The molecule has 3 aromatic rings. The van der Waals surface area contributed by atoms with E-state index in [0.717, 1.165) is 27.9 Å². The maximum absolute atomic E-state index is 12.4. The van der Waals surface area contributed by atoms with Gasteiger partial charge in [0.1, 0.15) is 17.7 Å². The van der Waals surface area contributed by atoms with Crippen LogP contribution >= 0.6 is 0 Å². The standard InChI is InChI=1S/C16H19N5O2.H2/c1-10-7-18-15-13(10)14(19-9-20-15)11-6-12(17-8-11)16(22)21(2)4-5-23-3;/h6-9,17H,4-5H2,1-3H3,(H,18,19,20);1H. The van der Waals surface area contributed by atoms with Gasteiger partial charge >= 0.3 is 0 Å². The molecule has 3 aromatic heterocycles. The number of hydrogen-bond donors (Lipinski definition) is 2. The molecule has 2 N–H and O–H groups in total. The summed E-state index contributed by atoms with van der Waals surface area (Å²) in [6, 6.07) is 1.82. The molecule has 0 aliphatic rings. The van der Waals surface area contributed by atoms with E-state index in [1.807, 2.05) is 19.2 Å². The summed E-state index contributed by atoms with van der Waals surface area (Å²) >= 11 is 0. The van der Waals surface area contributed by atoms with E-state index < -0.39 is 0 Å². The number of hydrogen-bond acceptors (Lipinski definition) is 4. The first kappa shape index (κ1) is 15.2. The Morgan fingerprint density at radius 2 is 2.17 bits per heavy atom. The summed E-state index contributed by atoms with van der Waals surface area (Å²) in [5.74, 6) is -0.0793. The maximum Gasteiger partial charge on any atom is 0.270 e. The molecular formula is C16H21N5O2. The zero-order chi connectivity index (χ0) is 16.4. The number of amides is 1. The van der Waals surface area contributed by atoms with E-state index in [2.05, 4.69) is 19.9 Å². The first-order valence-corrected chi connectivity index (χ1v) is 7.33. The van der Waals surface area contributed by atoms with Gasteiger partial charge in [-0.2, -0.15) is 0 Å². The van der Waals surface area contributed by atoms with Crippen LogP contribution in [0, 0.1) is 6.92 Å². The third-order valence-electron chi connectivity index (χ3n) is 3.83. The quantitative estimate of drug-likeness (QED) is 0.756. The first-order valence-electron chi connectivity index (χ1n) is 7.33. The van der Waals surface area contributed by atoms with Gasteiger partial charge in [-0.25, -0.2) is 9.97 Å². The van der Waals surface area contributed by atoms with Gasteiger partial charge in [0.15, 0.2) is 0 Å². The molecule has 0 saturated heterocycles. The second-order valence-corrected chi connectivity index (χ2v) is 5.44. The number of ether oxygens (including phenoxy) is 1. The number of H-pyrrole nitrogens is 2. The molecule has 0 radical (unpaired) electrons. The predicted octanol–water partition coefficient (Wildman–Crippen LogP) is 2.23. The molecule has 0 aliphatic heterocycles. The van der Waals surface area contributed by atoms with Crippen LogP contribution in [0.4, 0.5) is 0 Å². The van der Waals surface area contributed by atoms with Crippen LogP contribution in [0.25, 0.3) is 22.3 Å². The topological polar surface area (TPSA) is 86.9 Å². The Morgan fingerprint density at radius 1 is 1.35 bits per heavy atom. The molecule has 7 heteroatoms. The fraction of sp³-hybridized carbons (Fsp3) is 0.312. The highest BCUT2D eigenvalue weighted by Crippen LogP contribution is 2.28. The van der Waals surface area contributed by atoms with Crippen molar-refractivity contribution in [1.29, 1.82) is 0 Å². The average molecular weight is 315 g/mol. The fourth-order valence-corrected chi connectivity index (χ4v) is 2.53. The van der Waals surface area contributed by atoms with Gasteiger partial charge in [0, 0.05) is 45.5 Å². The number of rotatable bonds is 5. The highest BCUT2D eigenvalue weighted by Gasteiger charge is 2.16. The van der Waals surface area contributed by atoms with Crippen LogP contribution in [0.1, 0.15) is 17.5 Å². The Kier molecular flexibility index (Phi) is 4.12. The van der Waals surface area contributed by atoms with E-state index in [0.29, 0.717) is 18.8 Å². The molecule has 7 nitrogen and oxygen atoms in total. The van der Waals surface area contributed by atoms with Gasteiger partial charge in [-0.15, -0.1) is 0 Å². The minimum absolute atomic E-state index is 0. The van der Waals surface area contributed by atoms with Gasteiger partial charge in [0.2, 0.25) is 0 Å². The summed E-state index contributed by atoms with van der Waals surface area (Å²) in [4.78, 5) is 28.8. The van der Waals surface area contributed by atoms with E-state index in [1.54, 1.807) is 25.3 Å². The number of fused-ring (bicyclic) bond motifs is 1. The second-order valence-electron chi connectivity index (χ2n) is 5.44. The largest absolute Gasteiger partial charge is 0.383 e. The molecule has 0 bridgehead atoms. The number of likely N-dealkylation sites (N-methyl/N-ethyl adjacent to an activating group) is 1. The number of carbonyl (C=O) groups is 1. The lowest BCUT2D eigenvalue weighted by Crippen LogP contribution is -2.30. The Hall–Kier alpha value is -2.67. The van der Waals surface area contributed by atoms with Gasteiger partial charge in [0.25, 0.3) is 5.91 Å². The predicted molar refractivity (Wildman–Crippen MR) is 89.4 cm³/mol. The summed E-state index contributed by atoms with van der Waals surface area (Å²) in [5, 5.41) is 0.971. The number of carbonyl (C=O) groups excluding carboxylic acids is 1. The number of aromatic amines is 2. The molecule has 0 atom stereocenters. The van der Waals surface area contributed by atoms with Gasteiger partial charge in [-0.05, 0) is 18.6 Å². The van der Waals surface area contributed by atoms with E-state index in [4.69, 9.17) is 4.74 Å². The fourth-order valence-electron chi connectivity index (χ4n) is 2.53. The Labute approximate surface area is 135 Å². The van der Waals surface area contributed by atoms with Crippen molar-refractivity contribution in [2.24, 2.45) is 0 Å². The van der Waals surface area contributed by atoms with Crippen LogP contribution in [0.3, 0.4) is 0 Å². The monoisotopic (exact) mass is 315 g/mol. The summed E-state index contributed by atoms with van der Waals surface area (Å²) in [7, 11) is 3.37. The molecule has 3 rings (SSSR count). The van der Waals surface area contributed by atoms with Crippen molar-refractivity contribution in [3.63, 3.8) is 0 Å². The molecule has 0 saturated carbocycles. The number of aromatic nitrogens is 4. The van der Waals surface area contributed by atoms with Crippen molar-refractivity contribution < 1.29 is 11.0 Å². The first-order chi connectivity index (χ1) is 11.1. The SMILES string of the molecule is COCCN(C)C(=O)c1cc(-c2ncnc3[nH]cc(C)c23)c[nH]1.[HH]. The van der Waals surface area contributed by atoms with Gasteiger partial charge < -0.3 is 19.6 Å². The van der Waals surface area contributed by atoms with Crippen LogP contribution in [-0.4, -0.2) is 58.1 Å². The van der Waals surface area contributed by atoms with E-state index in [-0.39, 0.29) is 7.33 Å². The number of nitrogens with one attached hydrogen (secondary N) is 2. The maximum atomic E-state index is 12.4. The summed E-state index contributed by atoms with van der Waals surface area (Å²) < 4.78 is 5.00. The third kappa shape index (κ3) is 2.83. The Balaban J connectivity index is 0.00000208. The molecule has 3 heterocycles. The smallest absolute Gasteiger partial charge is 0.270 e. The second kappa shape index (κ2) is 6.21. The van der Waals surface area contributed by atoms with Crippen LogP contribution in [0.2, 0.25) is 0 Å². The number of methoxy groups -OCH3 is 1. The molecule has 122 valence electrons. The minimum Gasteiger partial charge on any atom is -0.383 e. The third-order valence-corrected chi connectivity index (χ3v) is 3.83. The summed E-state index contributed by atoms with van der Waals surface area (Å²) in [6.07, 6.45) is 5.22. The normalized spacial score (nSPS) is 11.1. The van der Waals surface area contributed by atoms with Crippen LogP contribution in [0.15, 0.2) is 24.8 Å². The van der Waals surface area contributed by atoms with E-state index >= 15 is 0 Å². The zero-order valence-corrected chi connectivity index (χ0v) is 13.4. The number of nitrogens with zero attached hydrogens (tertiary/aromatic N) is 3. The van der Waals surface area contributed by atoms with Gasteiger partial charge in [-0.1, -0.05) is 0 Å². The molecule has 0 unspecified atom stereocenters. The molecule has 23 heavy (non-hydrogen) atoms. The lowest BCUT2D eigenvalue weighted by atomic mass is 10.1. The van der Waals surface area contributed by atoms with Crippen molar-refractivity contribution >= 4 is 16.9 Å². The van der Waals surface area contributed by atoms with Crippen molar-refractivity contribution in [3.8, 4) is 11.3 Å². The average Bonchev–Trinajstić information content (AvgIpc) is 3.19. The lowest BCUT2D eigenvalue weighted by Gasteiger charge is -2.15. The molecule has 0 aliphatic carbocycles.